The van der Waals surface area contributed by atoms with Gasteiger partial charge in [-0.1, -0.05) is 41.6 Å². The second-order valence-electron chi connectivity index (χ2n) is 7.57. The molecule has 1 saturated heterocycles. The van der Waals surface area contributed by atoms with Gasteiger partial charge in [-0.25, -0.2) is 4.98 Å². The summed E-state index contributed by atoms with van der Waals surface area (Å²) in [4.78, 5) is 17.2. The van der Waals surface area contributed by atoms with Crippen molar-refractivity contribution in [3.8, 4) is 22.7 Å². The summed E-state index contributed by atoms with van der Waals surface area (Å²) in [6.45, 7) is 3.42. The average molecular weight is 438 g/mol. The van der Waals surface area contributed by atoms with Crippen LogP contribution in [-0.4, -0.2) is 47.6 Å². The molecule has 0 bridgehead atoms. The summed E-state index contributed by atoms with van der Waals surface area (Å²) < 4.78 is 12.9. The van der Waals surface area contributed by atoms with E-state index in [1.54, 1.807) is 7.11 Å². The normalized spacial score (nSPS) is 15.7. The molecule has 7 heteroatoms. The van der Waals surface area contributed by atoms with Crippen LogP contribution in [0.25, 0.3) is 16.9 Å². The van der Waals surface area contributed by atoms with Gasteiger partial charge in [0.25, 0.3) is 0 Å². The molecule has 1 atom stereocenters. The molecule has 2 heterocycles. The Kier molecular flexibility index (Phi) is 6.94. The SMILES string of the molecule is COc1ccc(-n2cc(-c3ccc(C)cc3)nc2SCC(=O)NC[C@H]2CCCO2)cc1. The molecule has 1 aromatic heterocycles. The van der Waals surface area contributed by atoms with Crippen molar-refractivity contribution in [3.05, 3.63) is 60.3 Å². The van der Waals surface area contributed by atoms with E-state index in [1.807, 2.05) is 35.0 Å². The zero-order valence-corrected chi connectivity index (χ0v) is 18.7. The van der Waals surface area contributed by atoms with Crippen molar-refractivity contribution in [3.63, 3.8) is 0 Å². The number of thioether (sulfide) groups is 1. The van der Waals surface area contributed by atoms with Gasteiger partial charge in [-0.05, 0) is 44.0 Å². The van der Waals surface area contributed by atoms with E-state index in [0.717, 1.165) is 47.3 Å². The minimum Gasteiger partial charge on any atom is -0.497 e. The third kappa shape index (κ3) is 5.48. The summed E-state index contributed by atoms with van der Waals surface area (Å²) in [6, 6.07) is 16.1. The number of methoxy groups -OCH3 is 1. The lowest BCUT2D eigenvalue weighted by Gasteiger charge is -2.11. The van der Waals surface area contributed by atoms with Crippen molar-refractivity contribution in [1.82, 2.24) is 14.9 Å². The molecule has 3 aromatic rings. The van der Waals surface area contributed by atoms with Crippen LogP contribution in [0.5, 0.6) is 5.75 Å². The lowest BCUT2D eigenvalue weighted by atomic mass is 10.1. The number of rotatable bonds is 8. The molecular formula is C24H27N3O3S. The maximum absolute atomic E-state index is 12.4. The summed E-state index contributed by atoms with van der Waals surface area (Å²) in [6.07, 6.45) is 4.23. The van der Waals surface area contributed by atoms with Crippen molar-refractivity contribution < 1.29 is 14.3 Å². The van der Waals surface area contributed by atoms with E-state index in [1.165, 1.54) is 17.3 Å². The maximum Gasteiger partial charge on any atom is 0.230 e. The van der Waals surface area contributed by atoms with Crippen LogP contribution in [0.3, 0.4) is 0 Å². The first-order valence-corrected chi connectivity index (χ1v) is 11.4. The van der Waals surface area contributed by atoms with Gasteiger partial charge < -0.3 is 14.8 Å². The topological polar surface area (TPSA) is 65.4 Å². The van der Waals surface area contributed by atoms with Crippen molar-refractivity contribution in [1.29, 1.82) is 0 Å². The van der Waals surface area contributed by atoms with Gasteiger partial charge in [0.2, 0.25) is 5.91 Å². The first-order chi connectivity index (χ1) is 15.1. The number of hydrogen-bond acceptors (Lipinski definition) is 5. The fourth-order valence-electron chi connectivity index (χ4n) is 3.47. The first kappa shape index (κ1) is 21.5. The predicted octanol–water partition coefficient (Wildman–Crippen LogP) is 4.24. The largest absolute Gasteiger partial charge is 0.497 e. The highest BCUT2D eigenvalue weighted by atomic mass is 32.2. The Labute approximate surface area is 187 Å². The number of nitrogens with one attached hydrogen (secondary N) is 1. The third-order valence-corrected chi connectivity index (χ3v) is 6.21. The standard InChI is InChI=1S/C24H27N3O3S/c1-17-5-7-18(8-6-17)22-15-27(19-9-11-20(29-2)12-10-19)24(26-22)31-16-23(28)25-14-21-4-3-13-30-21/h5-12,15,21H,3-4,13-14,16H2,1-2H3,(H,25,28)/t21-/m1/s1. The number of benzene rings is 2. The Balaban J connectivity index is 1.52. The summed E-state index contributed by atoms with van der Waals surface area (Å²) >= 11 is 1.43. The van der Waals surface area contributed by atoms with E-state index in [4.69, 9.17) is 14.5 Å². The molecule has 162 valence electrons. The molecule has 0 radical (unpaired) electrons. The molecule has 6 nitrogen and oxygen atoms in total. The number of carbonyl (C=O) groups excluding carboxylic acids is 1. The number of ether oxygens (including phenoxy) is 2. The fourth-order valence-corrected chi connectivity index (χ4v) is 4.29. The molecule has 4 rings (SSSR count). The van der Waals surface area contributed by atoms with Gasteiger partial charge in [0.1, 0.15) is 5.75 Å². The molecule has 1 aliphatic heterocycles. The Morgan fingerprint density at radius 2 is 2.00 bits per heavy atom. The van der Waals surface area contributed by atoms with Crippen LogP contribution in [0.2, 0.25) is 0 Å². The van der Waals surface area contributed by atoms with Crippen molar-refractivity contribution in [2.45, 2.75) is 31.0 Å². The van der Waals surface area contributed by atoms with E-state index in [9.17, 15) is 4.79 Å². The highest BCUT2D eigenvalue weighted by Gasteiger charge is 2.17. The summed E-state index contributed by atoms with van der Waals surface area (Å²) in [7, 11) is 1.65. The average Bonchev–Trinajstić information content (AvgIpc) is 3.47. The molecule has 2 aromatic carbocycles. The molecule has 1 amide bonds. The lowest BCUT2D eigenvalue weighted by molar-refractivity contribution is -0.119. The van der Waals surface area contributed by atoms with Gasteiger partial charge in [-0.15, -0.1) is 0 Å². The maximum atomic E-state index is 12.4. The number of aryl methyl sites for hydroxylation is 1. The molecule has 0 aliphatic carbocycles. The molecule has 0 spiro atoms. The van der Waals surface area contributed by atoms with E-state index in [0.29, 0.717) is 12.3 Å². The lowest BCUT2D eigenvalue weighted by Crippen LogP contribution is -2.32. The third-order valence-electron chi connectivity index (χ3n) is 5.25. The molecule has 0 unspecified atom stereocenters. The van der Waals surface area contributed by atoms with Gasteiger partial charge in [-0.3, -0.25) is 9.36 Å². The minimum absolute atomic E-state index is 0.0123. The number of amides is 1. The van der Waals surface area contributed by atoms with Gasteiger partial charge in [0, 0.05) is 30.6 Å². The number of carbonyl (C=O) groups is 1. The molecular weight excluding hydrogens is 410 g/mol. The molecule has 31 heavy (non-hydrogen) atoms. The van der Waals surface area contributed by atoms with E-state index in [-0.39, 0.29) is 12.0 Å². The highest BCUT2D eigenvalue weighted by molar-refractivity contribution is 7.99. The van der Waals surface area contributed by atoms with E-state index < -0.39 is 0 Å². The number of hydrogen-bond donors (Lipinski definition) is 1. The zero-order chi connectivity index (χ0) is 21.6. The van der Waals surface area contributed by atoms with Crippen LogP contribution >= 0.6 is 11.8 Å². The van der Waals surface area contributed by atoms with E-state index >= 15 is 0 Å². The van der Waals surface area contributed by atoms with Crippen LogP contribution in [0.4, 0.5) is 0 Å². The van der Waals surface area contributed by atoms with Crippen LogP contribution in [0.1, 0.15) is 18.4 Å². The quantitative estimate of drug-likeness (QED) is 0.534. The summed E-state index contributed by atoms with van der Waals surface area (Å²) in [5.74, 6) is 1.08. The monoisotopic (exact) mass is 437 g/mol. The van der Waals surface area contributed by atoms with Crippen molar-refractivity contribution in [2.24, 2.45) is 0 Å². The van der Waals surface area contributed by atoms with Crippen LogP contribution < -0.4 is 10.1 Å². The van der Waals surface area contributed by atoms with Crippen LogP contribution in [-0.2, 0) is 9.53 Å². The number of imidazole rings is 1. The highest BCUT2D eigenvalue weighted by Crippen LogP contribution is 2.28. The smallest absolute Gasteiger partial charge is 0.230 e. The Morgan fingerprint density at radius 3 is 2.68 bits per heavy atom. The molecule has 1 aliphatic rings. The van der Waals surface area contributed by atoms with Crippen LogP contribution in [0, 0.1) is 6.92 Å². The second kappa shape index (κ2) is 10.0. The van der Waals surface area contributed by atoms with Gasteiger partial charge in [0.05, 0.1) is 24.7 Å². The summed E-state index contributed by atoms with van der Waals surface area (Å²) in [5.41, 5.74) is 4.09. The molecule has 1 N–H and O–H groups in total. The Hall–Kier alpha value is -2.77. The Bertz CT molecular complexity index is 1010. The number of nitrogens with zero attached hydrogens (tertiary/aromatic N) is 2. The predicted molar refractivity (Wildman–Crippen MR) is 123 cm³/mol. The Morgan fingerprint density at radius 1 is 1.23 bits per heavy atom. The fraction of sp³-hybridized carbons (Fsp3) is 0.333. The zero-order valence-electron chi connectivity index (χ0n) is 17.8. The van der Waals surface area contributed by atoms with Gasteiger partial charge in [0.15, 0.2) is 5.16 Å². The van der Waals surface area contributed by atoms with Crippen molar-refractivity contribution >= 4 is 17.7 Å². The second-order valence-corrected chi connectivity index (χ2v) is 8.51. The minimum atomic E-state index is -0.0123. The van der Waals surface area contributed by atoms with Crippen molar-refractivity contribution in [2.75, 3.05) is 26.0 Å². The summed E-state index contributed by atoms with van der Waals surface area (Å²) in [5, 5.41) is 3.75. The molecule has 0 saturated carbocycles. The first-order valence-electron chi connectivity index (χ1n) is 10.4. The van der Waals surface area contributed by atoms with E-state index in [2.05, 4.69) is 36.5 Å². The van der Waals surface area contributed by atoms with Crippen LogP contribution in [0.15, 0.2) is 59.9 Å². The van der Waals surface area contributed by atoms with Gasteiger partial charge >= 0.3 is 0 Å². The van der Waals surface area contributed by atoms with Gasteiger partial charge in [-0.2, -0.15) is 0 Å². The molecule has 1 fully saturated rings. The number of aromatic nitrogens is 2.